The molecule has 0 rings (SSSR count). The Morgan fingerprint density at radius 1 is 0.643 bits per heavy atom. The molecule has 0 N–H and O–H groups in total. The summed E-state index contributed by atoms with van der Waals surface area (Å²) in [5.74, 6) is 0.0670. The summed E-state index contributed by atoms with van der Waals surface area (Å²) < 4.78 is 5.50. The molecule has 0 aliphatic heterocycles. The maximum Gasteiger partial charge on any atom is 0.309 e. The standard InChI is InChI=1S/C26H52O2/c1-6-8-10-11-12-13-14-15-16-17-18-19-20-21-22-24(26(3,4)5)25(27)28-23-9-7-2/h24H,6-23H2,1-5H3. The van der Waals surface area contributed by atoms with Gasteiger partial charge in [0.05, 0.1) is 12.5 Å². The molecule has 0 aromatic rings. The zero-order valence-electron chi connectivity index (χ0n) is 20.1. The Hall–Kier alpha value is -0.530. The number of rotatable bonds is 19. The molecular formula is C26H52O2. The van der Waals surface area contributed by atoms with E-state index in [1.165, 1.54) is 83.5 Å². The molecule has 1 atom stereocenters. The fourth-order valence-corrected chi connectivity index (χ4v) is 3.87. The van der Waals surface area contributed by atoms with Gasteiger partial charge in [0.15, 0.2) is 0 Å². The van der Waals surface area contributed by atoms with Crippen LogP contribution in [0.2, 0.25) is 0 Å². The minimum Gasteiger partial charge on any atom is -0.465 e. The topological polar surface area (TPSA) is 26.3 Å². The Morgan fingerprint density at radius 2 is 1.04 bits per heavy atom. The summed E-state index contributed by atoms with van der Waals surface area (Å²) >= 11 is 0. The summed E-state index contributed by atoms with van der Waals surface area (Å²) in [4.78, 5) is 12.4. The van der Waals surface area contributed by atoms with Gasteiger partial charge in [-0.3, -0.25) is 4.79 Å². The monoisotopic (exact) mass is 396 g/mol. The van der Waals surface area contributed by atoms with E-state index >= 15 is 0 Å². The van der Waals surface area contributed by atoms with Crippen LogP contribution in [0.5, 0.6) is 0 Å². The molecule has 0 radical (unpaired) electrons. The maximum absolute atomic E-state index is 12.4. The molecule has 0 fully saturated rings. The molecule has 0 saturated heterocycles. The van der Waals surface area contributed by atoms with Gasteiger partial charge in [-0.1, -0.05) is 131 Å². The molecule has 0 aliphatic rings. The van der Waals surface area contributed by atoms with Crippen LogP contribution in [-0.2, 0) is 9.53 Å². The van der Waals surface area contributed by atoms with Crippen molar-refractivity contribution < 1.29 is 9.53 Å². The fraction of sp³-hybridized carbons (Fsp3) is 0.962. The summed E-state index contributed by atoms with van der Waals surface area (Å²) in [6, 6.07) is 0. The summed E-state index contributed by atoms with van der Waals surface area (Å²) in [6.45, 7) is 11.5. The van der Waals surface area contributed by atoms with E-state index in [9.17, 15) is 4.79 Å². The second kappa shape index (κ2) is 18.5. The third-order valence-corrected chi connectivity index (χ3v) is 5.92. The summed E-state index contributed by atoms with van der Waals surface area (Å²) in [5.41, 5.74) is -0.000161. The lowest BCUT2D eigenvalue weighted by atomic mass is 9.77. The van der Waals surface area contributed by atoms with Crippen LogP contribution in [0, 0.1) is 11.3 Å². The zero-order chi connectivity index (χ0) is 21.1. The van der Waals surface area contributed by atoms with E-state index < -0.39 is 0 Å². The van der Waals surface area contributed by atoms with Crippen LogP contribution in [0.4, 0.5) is 0 Å². The van der Waals surface area contributed by atoms with Crippen LogP contribution in [-0.4, -0.2) is 12.6 Å². The second-order valence-electron chi connectivity index (χ2n) is 9.82. The molecular weight excluding hydrogens is 344 g/mol. The van der Waals surface area contributed by atoms with Gasteiger partial charge in [0.25, 0.3) is 0 Å². The smallest absolute Gasteiger partial charge is 0.309 e. The van der Waals surface area contributed by atoms with Gasteiger partial charge in [-0.25, -0.2) is 0 Å². The molecule has 0 spiro atoms. The van der Waals surface area contributed by atoms with Crippen LogP contribution in [0.25, 0.3) is 0 Å². The third-order valence-electron chi connectivity index (χ3n) is 5.92. The van der Waals surface area contributed by atoms with Gasteiger partial charge in [0.2, 0.25) is 0 Å². The Morgan fingerprint density at radius 3 is 1.43 bits per heavy atom. The lowest BCUT2D eigenvalue weighted by molar-refractivity contribution is -0.152. The highest BCUT2D eigenvalue weighted by atomic mass is 16.5. The fourth-order valence-electron chi connectivity index (χ4n) is 3.87. The van der Waals surface area contributed by atoms with Crippen LogP contribution in [0.3, 0.4) is 0 Å². The summed E-state index contributed by atoms with van der Waals surface area (Å²) in [7, 11) is 0. The van der Waals surface area contributed by atoms with E-state index in [4.69, 9.17) is 4.74 Å². The molecule has 0 bridgehead atoms. The van der Waals surface area contributed by atoms with Gasteiger partial charge >= 0.3 is 5.97 Å². The van der Waals surface area contributed by atoms with Crippen molar-refractivity contribution in [1.29, 1.82) is 0 Å². The van der Waals surface area contributed by atoms with Crippen molar-refractivity contribution in [1.82, 2.24) is 0 Å². The van der Waals surface area contributed by atoms with E-state index in [0.717, 1.165) is 25.7 Å². The summed E-state index contributed by atoms with van der Waals surface area (Å²) in [5, 5.41) is 0. The second-order valence-corrected chi connectivity index (χ2v) is 9.82. The van der Waals surface area contributed by atoms with Crippen LogP contribution < -0.4 is 0 Å². The predicted octanol–water partition coefficient (Wildman–Crippen LogP) is 8.86. The van der Waals surface area contributed by atoms with Gasteiger partial charge < -0.3 is 4.74 Å². The molecule has 0 aromatic heterocycles. The van der Waals surface area contributed by atoms with Crippen molar-refractivity contribution in [3.05, 3.63) is 0 Å². The van der Waals surface area contributed by atoms with Crippen LogP contribution in [0.15, 0.2) is 0 Å². The van der Waals surface area contributed by atoms with Crippen molar-refractivity contribution in [2.75, 3.05) is 6.61 Å². The first kappa shape index (κ1) is 27.5. The molecule has 0 amide bonds. The Bertz CT molecular complexity index is 343. The predicted molar refractivity (Wildman–Crippen MR) is 124 cm³/mol. The van der Waals surface area contributed by atoms with Gasteiger partial charge in [-0.2, -0.15) is 0 Å². The van der Waals surface area contributed by atoms with Crippen LogP contribution >= 0.6 is 0 Å². The molecule has 168 valence electrons. The number of hydrogen-bond acceptors (Lipinski definition) is 2. The zero-order valence-corrected chi connectivity index (χ0v) is 20.1. The van der Waals surface area contributed by atoms with E-state index in [0.29, 0.717) is 6.61 Å². The lowest BCUT2D eigenvalue weighted by Gasteiger charge is -2.29. The molecule has 0 heterocycles. The average Bonchev–Trinajstić information content (AvgIpc) is 2.64. The molecule has 2 nitrogen and oxygen atoms in total. The maximum atomic E-state index is 12.4. The highest BCUT2D eigenvalue weighted by molar-refractivity contribution is 5.73. The number of esters is 1. The van der Waals surface area contributed by atoms with Gasteiger partial charge in [-0.15, -0.1) is 0 Å². The average molecular weight is 397 g/mol. The molecule has 0 aliphatic carbocycles. The Labute approximate surface area is 177 Å². The number of carbonyl (C=O) groups excluding carboxylic acids is 1. The van der Waals surface area contributed by atoms with Gasteiger partial charge in [0, 0.05) is 0 Å². The largest absolute Gasteiger partial charge is 0.465 e. The quantitative estimate of drug-likeness (QED) is 0.161. The van der Waals surface area contributed by atoms with Crippen molar-refractivity contribution in [2.24, 2.45) is 11.3 Å². The van der Waals surface area contributed by atoms with E-state index in [1.807, 2.05) is 0 Å². The summed E-state index contributed by atoms with van der Waals surface area (Å²) in [6.07, 6.45) is 22.3. The lowest BCUT2D eigenvalue weighted by Crippen LogP contribution is -2.30. The highest BCUT2D eigenvalue weighted by Gasteiger charge is 2.31. The first-order valence-corrected chi connectivity index (χ1v) is 12.6. The molecule has 0 aromatic carbocycles. The van der Waals surface area contributed by atoms with E-state index in [1.54, 1.807) is 0 Å². The van der Waals surface area contributed by atoms with Crippen molar-refractivity contribution in [3.63, 3.8) is 0 Å². The van der Waals surface area contributed by atoms with Gasteiger partial charge in [0.1, 0.15) is 0 Å². The Balaban J connectivity index is 3.63. The molecule has 2 heteroatoms. The van der Waals surface area contributed by atoms with Crippen molar-refractivity contribution in [3.8, 4) is 0 Å². The number of carbonyl (C=O) groups is 1. The number of ether oxygens (including phenoxy) is 1. The molecule has 0 saturated carbocycles. The van der Waals surface area contributed by atoms with Crippen molar-refractivity contribution >= 4 is 5.97 Å². The van der Waals surface area contributed by atoms with Gasteiger partial charge in [-0.05, 0) is 18.3 Å². The highest BCUT2D eigenvalue weighted by Crippen LogP contribution is 2.31. The number of unbranched alkanes of at least 4 members (excludes halogenated alkanes) is 14. The van der Waals surface area contributed by atoms with E-state index in [-0.39, 0.29) is 17.3 Å². The normalized spacial score (nSPS) is 12.9. The SMILES string of the molecule is CCCCCCCCCCCCCCCCC(C(=O)OCCCC)C(C)(C)C. The first-order valence-electron chi connectivity index (χ1n) is 12.6. The Kier molecular flexibility index (Phi) is 18.1. The van der Waals surface area contributed by atoms with Crippen LogP contribution in [0.1, 0.15) is 144 Å². The molecule has 1 unspecified atom stereocenters. The minimum atomic E-state index is -0.000161. The third kappa shape index (κ3) is 16.4. The van der Waals surface area contributed by atoms with Crippen molar-refractivity contribution in [2.45, 2.75) is 144 Å². The first-order chi connectivity index (χ1) is 13.4. The van der Waals surface area contributed by atoms with E-state index in [2.05, 4.69) is 34.6 Å². The molecule has 28 heavy (non-hydrogen) atoms. The minimum absolute atomic E-state index is 0.000161. The number of hydrogen-bond donors (Lipinski definition) is 0.